The van der Waals surface area contributed by atoms with Gasteiger partial charge in [0.2, 0.25) is 13.5 Å². The van der Waals surface area contributed by atoms with Crippen LogP contribution in [0.15, 0.2) is 0 Å². The van der Waals surface area contributed by atoms with Crippen LogP contribution in [0.3, 0.4) is 0 Å². The number of carbonyl (C=O) groups excluding carboxylic acids is 6. The highest BCUT2D eigenvalue weighted by Gasteiger charge is 2.35. The number of aliphatic hydroxyl groups is 2. The third kappa shape index (κ3) is 24.3. The number of alkyl carbamates (subject to hydrolysis) is 1. The smallest absolute Gasteiger partial charge is 0.408 e. The standard InChI is InChI=1S/2C15H24Cl3N3O5.C5H10O3/c1-9(19-13(24)26-14(2,3)4)11(22)21-7-5-6-10(20-21)12(23)25-8-15(16,17)18;1-8(2)11(22)12(23)19-9(3)13(24)21-6-4-5-10(20-21)14(25)26-7-15(16,17)18;1-3(2)4(6)5(7)8/h9-10,20H,5-8H2,1-4H3,(H,19,24);8-11,20,22H,4-7H2,1-3H3,(H,19,23);3-4,6H,1-2H3,(H,7,8)/t9-,10-;9-,10-,11-;4-/m000/s1/i;1D3,8D,11D;1D3,3D,4D/tm;8?,9-,10-,11-;3?,4-. The molecule has 0 aromatic heterocycles. The van der Waals surface area contributed by atoms with Gasteiger partial charge in [-0.25, -0.2) is 20.4 Å². The molecule has 2 fully saturated rings. The predicted octanol–water partition coefficient (Wildman–Crippen LogP) is 3.31. The van der Waals surface area contributed by atoms with Crippen molar-refractivity contribution in [1.82, 2.24) is 31.5 Å². The zero-order valence-corrected chi connectivity index (χ0v) is 38.1. The van der Waals surface area contributed by atoms with Gasteiger partial charge in [0.25, 0.3) is 11.8 Å². The normalized spacial score (nSPS) is 25.1. The molecule has 2 rings (SSSR count). The summed E-state index contributed by atoms with van der Waals surface area (Å²) in [7, 11) is 0. The number of carboxylic acids is 1. The first-order valence-electron chi connectivity index (χ1n) is 22.6. The molecule has 0 radical (unpaired) electrons. The Morgan fingerprint density at radius 3 is 1.45 bits per heavy atom. The molecule has 2 saturated heterocycles. The highest BCUT2D eigenvalue weighted by molar-refractivity contribution is 6.68. The quantitative estimate of drug-likeness (QED) is 0.0841. The first kappa shape index (κ1) is 41.7. The minimum atomic E-state index is -3.37. The molecule has 0 spiro atoms. The summed E-state index contributed by atoms with van der Waals surface area (Å²) in [6.07, 6.45) is -5.65. The molecule has 2 heterocycles. The molecule has 0 aromatic carbocycles. The Kier molecular flexibility index (Phi) is 18.3. The number of rotatable bonds is 12. The van der Waals surface area contributed by atoms with Gasteiger partial charge in [-0.2, -0.15) is 0 Å². The summed E-state index contributed by atoms with van der Waals surface area (Å²) in [5.74, 6) is -11.7. The molecule has 60 heavy (non-hydrogen) atoms. The van der Waals surface area contributed by atoms with Gasteiger partial charge in [-0.1, -0.05) is 97.2 Å². The lowest BCUT2D eigenvalue weighted by Crippen LogP contribution is -2.60. The SMILES string of the molecule is C[C@H](NC(=O)OC(C)(C)C)C(=O)N1CCC[C@@H](C(=O)OCC(Cl)(Cl)Cl)N1.[2H]C([2H])([2H])C([2H])(C)[C@]([2H])(O)C(=O)N[C@@H](C)C(=O)N1CCC[C@@H](C(=O)OCC(Cl)(Cl)Cl)N1.[2H]C([2H])([2H])C([2H])(C)[C@]([2H])(O)C(=O)O. The number of ether oxygens (including phenoxy) is 3. The molecule has 4 amide bonds. The van der Waals surface area contributed by atoms with Gasteiger partial charge in [0.15, 0.2) is 6.08 Å². The van der Waals surface area contributed by atoms with Crippen molar-refractivity contribution in [2.45, 2.75) is 137 Å². The topological polar surface area (TPSA) is 262 Å². The number of esters is 2. The molecule has 2 aliphatic rings. The number of nitrogens with one attached hydrogen (secondary N) is 4. The molecule has 2 aliphatic heterocycles. The summed E-state index contributed by atoms with van der Waals surface area (Å²) < 4.78 is 83.1. The highest BCUT2D eigenvalue weighted by Crippen LogP contribution is 2.27. The number of aliphatic carboxylic acids is 1. The van der Waals surface area contributed by atoms with E-state index in [0.717, 1.165) is 11.9 Å². The van der Waals surface area contributed by atoms with E-state index < -0.39 is 123 Å². The maximum absolute atomic E-state index is 12.6. The molecule has 19 nitrogen and oxygen atoms in total. The third-order valence-electron chi connectivity index (χ3n) is 7.18. The van der Waals surface area contributed by atoms with Crippen molar-refractivity contribution in [2.75, 3.05) is 26.3 Å². The van der Waals surface area contributed by atoms with Gasteiger partial charge in [0.1, 0.15) is 49.1 Å². The van der Waals surface area contributed by atoms with Crippen molar-refractivity contribution in [3.63, 3.8) is 0 Å². The number of amides is 4. The molecular weight excluding hydrogens is 925 g/mol. The summed E-state index contributed by atoms with van der Waals surface area (Å²) in [5.41, 5.74) is 4.74. The van der Waals surface area contributed by atoms with Crippen molar-refractivity contribution < 1.29 is 76.8 Å². The Morgan fingerprint density at radius 2 is 1.12 bits per heavy atom. The van der Waals surface area contributed by atoms with E-state index in [4.69, 9.17) is 108 Å². The minimum absolute atomic E-state index is 0.170. The van der Waals surface area contributed by atoms with Crippen LogP contribution < -0.4 is 21.5 Å². The average molecular weight is 994 g/mol. The second-order valence-electron chi connectivity index (χ2n) is 13.9. The number of alkyl halides is 6. The molecular formula is C35H58Cl6N6O13. The lowest BCUT2D eigenvalue weighted by molar-refractivity contribution is -0.154. The molecule has 8 atom stereocenters. The summed E-state index contributed by atoms with van der Waals surface area (Å²) in [5, 5.41) is 34.2. The highest BCUT2D eigenvalue weighted by atomic mass is 35.6. The molecule has 0 aliphatic carbocycles. The van der Waals surface area contributed by atoms with Gasteiger partial charge in [0, 0.05) is 24.1 Å². The van der Waals surface area contributed by atoms with E-state index in [-0.39, 0.29) is 13.2 Å². The Morgan fingerprint density at radius 1 is 0.733 bits per heavy atom. The first-order valence-corrected chi connectivity index (χ1v) is 19.9. The fourth-order valence-electron chi connectivity index (χ4n) is 4.41. The van der Waals surface area contributed by atoms with Crippen molar-refractivity contribution in [2.24, 2.45) is 11.8 Å². The van der Waals surface area contributed by atoms with E-state index in [1.807, 2.05) is 5.32 Å². The number of hydrogen-bond donors (Lipinski definition) is 7. The molecule has 0 saturated carbocycles. The maximum Gasteiger partial charge on any atom is 0.408 e. The molecule has 7 N–H and O–H groups in total. The van der Waals surface area contributed by atoms with E-state index in [1.54, 1.807) is 20.8 Å². The van der Waals surface area contributed by atoms with Gasteiger partial charge in [-0.05, 0) is 72.1 Å². The van der Waals surface area contributed by atoms with E-state index >= 15 is 0 Å². The van der Waals surface area contributed by atoms with Crippen LogP contribution in [0.5, 0.6) is 0 Å². The van der Waals surface area contributed by atoms with E-state index in [0.29, 0.717) is 39.2 Å². The van der Waals surface area contributed by atoms with Gasteiger partial charge in [-0.3, -0.25) is 34.0 Å². The summed E-state index contributed by atoms with van der Waals surface area (Å²) in [4.78, 5) is 83.6. The molecule has 2 unspecified atom stereocenters. The molecule has 25 heteroatoms. The Balaban J connectivity index is 0.00000110. The zero-order chi connectivity index (χ0) is 55.6. The number of carbonyl (C=O) groups is 7. The van der Waals surface area contributed by atoms with Crippen LogP contribution in [0.2, 0.25) is 0 Å². The van der Waals surface area contributed by atoms with Crippen LogP contribution in [0.25, 0.3) is 0 Å². The summed E-state index contributed by atoms with van der Waals surface area (Å²) in [6.45, 7) is 2.81. The Labute approximate surface area is 394 Å². The van der Waals surface area contributed by atoms with Crippen molar-refractivity contribution in [1.29, 1.82) is 0 Å². The maximum atomic E-state index is 12.6. The zero-order valence-electron chi connectivity index (χ0n) is 43.6. The molecule has 0 aromatic rings. The summed E-state index contributed by atoms with van der Waals surface area (Å²) >= 11 is 33.2. The van der Waals surface area contributed by atoms with E-state index in [2.05, 4.69) is 16.2 Å². The first-order chi connectivity index (χ1) is 31.0. The lowest BCUT2D eigenvalue weighted by Gasteiger charge is -2.34. The third-order valence-corrected chi connectivity index (χ3v) is 7.83. The van der Waals surface area contributed by atoms with Gasteiger partial charge in [-0.15, -0.1) is 0 Å². The van der Waals surface area contributed by atoms with E-state index in [1.165, 1.54) is 18.9 Å². The number of hydrazine groups is 2. The van der Waals surface area contributed by atoms with Crippen LogP contribution in [-0.2, 0) is 43.0 Å². The van der Waals surface area contributed by atoms with Gasteiger partial charge >= 0.3 is 24.0 Å². The van der Waals surface area contributed by atoms with E-state index in [9.17, 15) is 38.7 Å². The Bertz CT molecular complexity index is 1850. The summed E-state index contributed by atoms with van der Waals surface area (Å²) in [6, 6.07) is -3.82. The van der Waals surface area contributed by atoms with Crippen molar-refractivity contribution in [3.8, 4) is 0 Å². The predicted molar refractivity (Wildman–Crippen MR) is 224 cm³/mol. The van der Waals surface area contributed by atoms with Crippen molar-refractivity contribution >= 4 is 111 Å². The Hall–Kier alpha value is -2.33. The van der Waals surface area contributed by atoms with Crippen LogP contribution in [-0.4, -0.2) is 143 Å². The second kappa shape index (κ2) is 26.3. The number of carboxylic acid groups (broad SMARTS) is 1. The number of halogens is 6. The van der Waals surface area contributed by atoms with Gasteiger partial charge in [0.05, 0.1) is 2.74 Å². The number of nitrogens with zero attached hydrogens (tertiary/aromatic N) is 2. The fraction of sp³-hybridized carbons (Fsp3) is 0.800. The largest absolute Gasteiger partial charge is 0.479 e. The fourth-order valence-corrected chi connectivity index (χ4v) is 4.74. The van der Waals surface area contributed by atoms with Crippen LogP contribution in [0.4, 0.5) is 4.79 Å². The molecule has 0 bridgehead atoms. The molecule has 348 valence electrons. The lowest BCUT2D eigenvalue weighted by atomic mass is 10.1. The number of hydrogen-bond acceptors (Lipinski definition) is 14. The average Bonchev–Trinajstić information content (AvgIpc) is 3.19. The van der Waals surface area contributed by atoms with Crippen molar-refractivity contribution in [3.05, 3.63) is 0 Å². The van der Waals surface area contributed by atoms with Crippen LogP contribution in [0, 0.1) is 11.8 Å². The monoisotopic (exact) mass is 990 g/mol. The van der Waals surface area contributed by atoms with Crippen LogP contribution >= 0.6 is 69.6 Å². The second-order valence-corrected chi connectivity index (χ2v) is 18.9. The van der Waals surface area contributed by atoms with Crippen LogP contribution in [0.1, 0.15) is 102 Å². The van der Waals surface area contributed by atoms with Gasteiger partial charge < -0.3 is 40.2 Å². The minimum Gasteiger partial charge on any atom is -0.479 e.